The molecule has 3 rings (SSSR count). The molecule has 0 aliphatic heterocycles. The predicted molar refractivity (Wildman–Crippen MR) is 103 cm³/mol. The first-order chi connectivity index (χ1) is 13.6. The smallest absolute Gasteiger partial charge is 0.284 e. The quantitative estimate of drug-likeness (QED) is 0.520. The molecule has 28 heavy (non-hydrogen) atoms. The number of halogens is 1. The van der Waals surface area contributed by atoms with E-state index in [0.29, 0.717) is 29.1 Å². The Morgan fingerprint density at radius 3 is 2.71 bits per heavy atom. The fraction of sp³-hybridized carbons (Fsp3) is 0.150. The lowest BCUT2D eigenvalue weighted by atomic mass is 10.1. The second-order valence-corrected chi connectivity index (χ2v) is 5.85. The molecule has 0 fully saturated rings. The van der Waals surface area contributed by atoms with Crippen LogP contribution in [0.1, 0.15) is 34.8 Å². The monoisotopic (exact) mass is 379 g/mol. The maximum absolute atomic E-state index is 13.6. The number of carbonyl (C=O) groups excluding carboxylic acids is 1. The molecule has 8 heteroatoms. The van der Waals surface area contributed by atoms with Gasteiger partial charge in [0, 0.05) is 30.4 Å². The summed E-state index contributed by atoms with van der Waals surface area (Å²) in [6.07, 6.45) is 6.66. The van der Waals surface area contributed by atoms with Crippen LogP contribution in [0.5, 0.6) is 5.88 Å². The second kappa shape index (κ2) is 8.81. The van der Waals surface area contributed by atoms with E-state index in [-0.39, 0.29) is 11.8 Å². The Morgan fingerprint density at radius 2 is 2.04 bits per heavy atom. The van der Waals surface area contributed by atoms with E-state index in [1.54, 1.807) is 30.6 Å². The lowest BCUT2D eigenvalue weighted by Crippen LogP contribution is -2.15. The summed E-state index contributed by atoms with van der Waals surface area (Å²) < 4.78 is 13.6. The number of nitrogens with one attached hydrogen (secondary N) is 1. The van der Waals surface area contributed by atoms with Crippen molar-refractivity contribution in [3.8, 4) is 5.88 Å². The minimum atomic E-state index is -0.594. The van der Waals surface area contributed by atoms with E-state index in [1.807, 2.05) is 13.8 Å². The molecule has 3 aromatic rings. The van der Waals surface area contributed by atoms with Crippen molar-refractivity contribution in [2.75, 3.05) is 5.32 Å². The van der Waals surface area contributed by atoms with Gasteiger partial charge in [0.1, 0.15) is 5.82 Å². The van der Waals surface area contributed by atoms with Gasteiger partial charge in [-0.15, -0.1) is 0 Å². The second-order valence-electron chi connectivity index (χ2n) is 5.85. The van der Waals surface area contributed by atoms with E-state index in [2.05, 4.69) is 25.4 Å². The predicted octanol–water partition coefficient (Wildman–Crippen LogP) is 3.76. The highest BCUT2D eigenvalue weighted by Gasteiger charge is 2.11. The average molecular weight is 379 g/mol. The molecule has 3 heterocycles. The summed E-state index contributed by atoms with van der Waals surface area (Å²) in [6.45, 7) is 3.72. The Labute approximate surface area is 161 Å². The first kappa shape index (κ1) is 19.1. The van der Waals surface area contributed by atoms with E-state index in [0.717, 1.165) is 5.56 Å². The van der Waals surface area contributed by atoms with Gasteiger partial charge < -0.3 is 10.2 Å². The van der Waals surface area contributed by atoms with Crippen LogP contribution in [0.15, 0.2) is 60.3 Å². The standard InChI is InChI=1S/C20H18FN5O2/c1-3-17(26-28-20-16(21)5-4-9-23-20)14-6-7-18(24-11-14)25-19(27)15-12-22-10-8-13(15)2/h4-12H,3H2,1-2H3,(H,24,25,27). The zero-order valence-electron chi connectivity index (χ0n) is 15.4. The number of hydrogen-bond donors (Lipinski definition) is 1. The fourth-order valence-electron chi connectivity index (χ4n) is 2.38. The summed E-state index contributed by atoms with van der Waals surface area (Å²) in [5.74, 6) is -0.686. The molecule has 0 aromatic carbocycles. The number of nitrogens with zero attached hydrogens (tertiary/aromatic N) is 4. The number of carbonyl (C=O) groups is 1. The van der Waals surface area contributed by atoms with Crippen LogP contribution in [0, 0.1) is 12.7 Å². The molecule has 0 aliphatic carbocycles. The molecular weight excluding hydrogens is 361 g/mol. The molecule has 7 nitrogen and oxygen atoms in total. The van der Waals surface area contributed by atoms with E-state index in [1.165, 1.54) is 24.5 Å². The summed E-state index contributed by atoms with van der Waals surface area (Å²) >= 11 is 0. The number of pyridine rings is 3. The summed E-state index contributed by atoms with van der Waals surface area (Å²) in [4.78, 5) is 29.4. The van der Waals surface area contributed by atoms with Gasteiger partial charge in [0.2, 0.25) is 0 Å². The zero-order chi connectivity index (χ0) is 19.9. The summed E-state index contributed by atoms with van der Waals surface area (Å²) in [5, 5.41) is 6.70. The van der Waals surface area contributed by atoms with Gasteiger partial charge >= 0.3 is 0 Å². The number of hydrogen-bond acceptors (Lipinski definition) is 6. The number of amides is 1. The summed E-state index contributed by atoms with van der Waals surface area (Å²) in [7, 11) is 0. The van der Waals surface area contributed by atoms with Crippen LogP contribution in [0.2, 0.25) is 0 Å². The van der Waals surface area contributed by atoms with Crippen LogP contribution in [-0.2, 0) is 0 Å². The SMILES string of the molecule is CCC(=NOc1ncccc1F)c1ccc(NC(=O)c2cnccc2C)nc1. The van der Waals surface area contributed by atoms with Crippen LogP contribution >= 0.6 is 0 Å². The summed E-state index contributed by atoms with van der Waals surface area (Å²) in [5.41, 5.74) is 2.56. The molecule has 0 spiro atoms. The van der Waals surface area contributed by atoms with Crippen molar-refractivity contribution in [2.45, 2.75) is 20.3 Å². The number of aryl methyl sites for hydroxylation is 1. The molecular formula is C20H18FN5O2. The van der Waals surface area contributed by atoms with Crippen LogP contribution in [0.4, 0.5) is 10.2 Å². The van der Waals surface area contributed by atoms with Gasteiger partial charge in [-0.1, -0.05) is 12.1 Å². The van der Waals surface area contributed by atoms with Crippen molar-refractivity contribution in [2.24, 2.45) is 5.16 Å². The zero-order valence-corrected chi connectivity index (χ0v) is 15.4. The van der Waals surface area contributed by atoms with Crippen molar-refractivity contribution in [3.05, 3.63) is 77.6 Å². The largest absolute Gasteiger partial charge is 0.333 e. The molecule has 1 amide bonds. The van der Waals surface area contributed by atoms with Gasteiger partial charge in [-0.3, -0.25) is 9.78 Å². The topological polar surface area (TPSA) is 89.4 Å². The minimum Gasteiger partial charge on any atom is -0.333 e. The third kappa shape index (κ3) is 4.53. The van der Waals surface area contributed by atoms with Crippen molar-refractivity contribution in [3.63, 3.8) is 0 Å². The Morgan fingerprint density at radius 1 is 1.18 bits per heavy atom. The molecule has 142 valence electrons. The number of aromatic nitrogens is 3. The molecule has 0 radical (unpaired) electrons. The average Bonchev–Trinajstić information content (AvgIpc) is 2.71. The van der Waals surface area contributed by atoms with Gasteiger partial charge in [0.15, 0.2) is 5.82 Å². The maximum atomic E-state index is 13.6. The third-order valence-electron chi connectivity index (χ3n) is 3.92. The molecule has 0 bridgehead atoms. The maximum Gasteiger partial charge on any atom is 0.284 e. The van der Waals surface area contributed by atoms with Gasteiger partial charge in [-0.05, 0) is 49.2 Å². The highest BCUT2D eigenvalue weighted by atomic mass is 19.1. The Kier molecular flexibility index (Phi) is 6.01. The van der Waals surface area contributed by atoms with Crippen LogP contribution in [0.3, 0.4) is 0 Å². The summed E-state index contributed by atoms with van der Waals surface area (Å²) in [6, 6.07) is 7.88. The van der Waals surface area contributed by atoms with Gasteiger partial charge in [-0.2, -0.15) is 0 Å². The highest BCUT2D eigenvalue weighted by molar-refractivity contribution is 6.05. The number of rotatable bonds is 6. The lowest BCUT2D eigenvalue weighted by molar-refractivity contribution is 0.102. The Balaban J connectivity index is 1.72. The highest BCUT2D eigenvalue weighted by Crippen LogP contribution is 2.14. The molecule has 3 aromatic heterocycles. The van der Waals surface area contributed by atoms with Crippen molar-refractivity contribution < 1.29 is 14.0 Å². The third-order valence-corrected chi connectivity index (χ3v) is 3.92. The first-order valence-electron chi connectivity index (χ1n) is 8.61. The molecule has 1 N–H and O–H groups in total. The van der Waals surface area contributed by atoms with Crippen LogP contribution in [0.25, 0.3) is 0 Å². The molecule has 0 saturated carbocycles. The minimum absolute atomic E-state index is 0.197. The molecule has 0 saturated heterocycles. The van der Waals surface area contributed by atoms with E-state index in [9.17, 15) is 9.18 Å². The van der Waals surface area contributed by atoms with Crippen molar-refractivity contribution >= 4 is 17.4 Å². The Bertz CT molecular complexity index is 1010. The fourth-order valence-corrected chi connectivity index (χ4v) is 2.38. The molecule has 0 atom stereocenters. The van der Waals surface area contributed by atoms with Gasteiger partial charge in [0.05, 0.1) is 11.3 Å². The Hall–Kier alpha value is -3.68. The van der Waals surface area contributed by atoms with Crippen LogP contribution in [-0.4, -0.2) is 26.6 Å². The normalized spacial score (nSPS) is 11.2. The molecule has 0 unspecified atom stereocenters. The molecule has 0 aliphatic rings. The first-order valence-corrected chi connectivity index (χ1v) is 8.61. The van der Waals surface area contributed by atoms with Crippen molar-refractivity contribution in [1.29, 1.82) is 0 Å². The van der Waals surface area contributed by atoms with E-state index in [4.69, 9.17) is 4.84 Å². The number of oxime groups is 1. The lowest BCUT2D eigenvalue weighted by Gasteiger charge is -2.08. The van der Waals surface area contributed by atoms with Crippen molar-refractivity contribution in [1.82, 2.24) is 15.0 Å². The van der Waals surface area contributed by atoms with E-state index >= 15 is 0 Å². The van der Waals surface area contributed by atoms with Gasteiger partial charge in [-0.25, -0.2) is 14.4 Å². The van der Waals surface area contributed by atoms with E-state index < -0.39 is 5.82 Å². The van der Waals surface area contributed by atoms with Crippen LogP contribution < -0.4 is 10.2 Å². The number of anilines is 1. The van der Waals surface area contributed by atoms with Gasteiger partial charge in [0.25, 0.3) is 11.8 Å².